The van der Waals surface area contributed by atoms with E-state index in [1.165, 1.54) is 5.56 Å². The lowest BCUT2D eigenvalue weighted by Gasteiger charge is -2.09. The number of carbonyl (C=O) groups excluding carboxylic acids is 1. The van der Waals surface area contributed by atoms with E-state index in [1.54, 1.807) is 6.21 Å². The van der Waals surface area contributed by atoms with Crippen LogP contribution in [0.5, 0.6) is 0 Å². The normalized spacial score (nSPS) is 11.2. The minimum Gasteiger partial charge on any atom is -0.318 e. The van der Waals surface area contributed by atoms with Gasteiger partial charge in [-0.1, -0.05) is 41.4 Å². The van der Waals surface area contributed by atoms with Crippen LogP contribution in [-0.2, 0) is 11.2 Å². The number of halogens is 1. The van der Waals surface area contributed by atoms with Gasteiger partial charge in [-0.25, -0.2) is 5.43 Å². The van der Waals surface area contributed by atoms with E-state index in [0.29, 0.717) is 11.4 Å². The minimum absolute atomic E-state index is 0.133. The topological polar surface area (TPSA) is 46.4 Å². The number of rotatable bonds is 5. The summed E-state index contributed by atoms with van der Waals surface area (Å²) < 4.78 is 2.12. The van der Waals surface area contributed by atoms with Crippen molar-refractivity contribution < 1.29 is 4.79 Å². The summed E-state index contributed by atoms with van der Waals surface area (Å²) in [5.74, 6) is -0.133. The van der Waals surface area contributed by atoms with Crippen molar-refractivity contribution in [2.45, 2.75) is 34.1 Å². The monoisotopic (exact) mass is 393 g/mol. The Morgan fingerprint density at radius 3 is 2.61 bits per heavy atom. The average Bonchev–Trinajstić information content (AvgIpc) is 2.91. The number of hydrogen-bond donors (Lipinski definition) is 1. The van der Waals surface area contributed by atoms with Gasteiger partial charge in [0.15, 0.2) is 0 Å². The number of benzene rings is 2. The number of hydrazone groups is 1. The van der Waals surface area contributed by atoms with E-state index in [9.17, 15) is 4.79 Å². The molecule has 0 saturated heterocycles. The molecule has 0 aliphatic carbocycles. The van der Waals surface area contributed by atoms with Crippen LogP contribution in [0, 0.1) is 27.7 Å². The third-order valence-corrected chi connectivity index (χ3v) is 5.01. The number of nitrogens with zero attached hydrogens (tertiary/aromatic N) is 2. The van der Waals surface area contributed by atoms with Gasteiger partial charge in [0.1, 0.15) is 0 Å². The van der Waals surface area contributed by atoms with Crippen LogP contribution in [0.1, 0.15) is 33.6 Å². The number of nitrogens with one attached hydrogen (secondary N) is 1. The zero-order valence-electron chi connectivity index (χ0n) is 16.6. The summed E-state index contributed by atoms with van der Waals surface area (Å²) in [6, 6.07) is 15.8. The number of hydrogen-bond acceptors (Lipinski definition) is 2. The molecule has 144 valence electrons. The molecular weight excluding hydrogens is 370 g/mol. The van der Waals surface area contributed by atoms with E-state index in [0.717, 1.165) is 33.8 Å². The standard InChI is InChI=1S/C23H24ClN3O/c1-15-8-9-19(16(2)10-15)12-23(28)26-25-14-20-11-17(3)27(18(20)4)22-7-5-6-21(24)13-22/h5-11,13-14H,12H2,1-4H3,(H,26,28)/b25-14+. The van der Waals surface area contributed by atoms with Crippen LogP contribution in [0.3, 0.4) is 0 Å². The molecule has 4 nitrogen and oxygen atoms in total. The van der Waals surface area contributed by atoms with E-state index >= 15 is 0 Å². The molecule has 1 amide bonds. The predicted octanol–water partition coefficient (Wildman–Crippen LogP) is 5.06. The van der Waals surface area contributed by atoms with Crippen molar-refractivity contribution in [3.8, 4) is 5.69 Å². The van der Waals surface area contributed by atoms with Crippen LogP contribution in [-0.4, -0.2) is 16.7 Å². The second-order valence-corrected chi connectivity index (χ2v) is 7.48. The fraction of sp³-hybridized carbons (Fsp3) is 0.217. The van der Waals surface area contributed by atoms with E-state index in [4.69, 9.17) is 11.6 Å². The third-order valence-electron chi connectivity index (χ3n) is 4.78. The van der Waals surface area contributed by atoms with Crippen molar-refractivity contribution in [3.05, 3.63) is 87.2 Å². The Labute approximate surface area is 170 Å². The highest BCUT2D eigenvalue weighted by atomic mass is 35.5. The summed E-state index contributed by atoms with van der Waals surface area (Å²) in [5.41, 5.74) is 10.00. The van der Waals surface area contributed by atoms with Gasteiger partial charge in [0.05, 0.1) is 12.6 Å². The molecule has 0 aliphatic rings. The maximum atomic E-state index is 12.2. The summed E-state index contributed by atoms with van der Waals surface area (Å²) in [7, 11) is 0. The first-order valence-corrected chi connectivity index (χ1v) is 9.56. The summed E-state index contributed by atoms with van der Waals surface area (Å²) in [4.78, 5) is 12.2. The zero-order chi connectivity index (χ0) is 20.3. The Bertz CT molecular complexity index is 1050. The lowest BCUT2D eigenvalue weighted by Crippen LogP contribution is -2.20. The summed E-state index contributed by atoms with van der Waals surface area (Å²) in [5, 5.41) is 4.84. The maximum Gasteiger partial charge on any atom is 0.244 e. The predicted molar refractivity (Wildman–Crippen MR) is 116 cm³/mol. The molecule has 0 radical (unpaired) electrons. The fourth-order valence-corrected chi connectivity index (χ4v) is 3.55. The number of amides is 1. The Morgan fingerprint density at radius 1 is 1.11 bits per heavy atom. The molecule has 0 bridgehead atoms. The highest BCUT2D eigenvalue weighted by Crippen LogP contribution is 2.22. The van der Waals surface area contributed by atoms with Crippen LogP contribution in [0.15, 0.2) is 53.6 Å². The van der Waals surface area contributed by atoms with E-state index < -0.39 is 0 Å². The van der Waals surface area contributed by atoms with Crippen molar-refractivity contribution in [2.75, 3.05) is 0 Å². The molecule has 0 fully saturated rings. The first-order valence-electron chi connectivity index (χ1n) is 9.18. The molecule has 28 heavy (non-hydrogen) atoms. The van der Waals surface area contributed by atoms with Crippen molar-refractivity contribution in [1.82, 2.24) is 9.99 Å². The quantitative estimate of drug-likeness (QED) is 0.478. The lowest BCUT2D eigenvalue weighted by molar-refractivity contribution is -0.120. The minimum atomic E-state index is -0.133. The van der Waals surface area contributed by atoms with Crippen molar-refractivity contribution in [1.29, 1.82) is 0 Å². The summed E-state index contributed by atoms with van der Waals surface area (Å²) >= 11 is 6.12. The summed E-state index contributed by atoms with van der Waals surface area (Å²) in [6.45, 7) is 8.11. The van der Waals surface area contributed by atoms with Gasteiger partial charge in [-0.05, 0) is 63.1 Å². The SMILES string of the molecule is Cc1ccc(CC(=O)N/N=C/c2cc(C)n(-c3cccc(Cl)c3)c2C)c(C)c1. The number of aryl methyl sites for hydroxylation is 3. The highest BCUT2D eigenvalue weighted by molar-refractivity contribution is 6.30. The molecule has 3 aromatic rings. The molecule has 5 heteroatoms. The fourth-order valence-electron chi connectivity index (χ4n) is 3.36. The third kappa shape index (κ3) is 4.52. The van der Waals surface area contributed by atoms with Crippen LogP contribution in [0.2, 0.25) is 5.02 Å². The van der Waals surface area contributed by atoms with Gasteiger partial charge in [-0.3, -0.25) is 4.79 Å². The molecule has 2 aromatic carbocycles. The van der Waals surface area contributed by atoms with E-state index in [1.807, 2.05) is 70.2 Å². The molecule has 1 aromatic heterocycles. The van der Waals surface area contributed by atoms with Crippen molar-refractivity contribution in [3.63, 3.8) is 0 Å². The van der Waals surface area contributed by atoms with Gasteiger partial charge in [-0.2, -0.15) is 5.10 Å². The van der Waals surface area contributed by atoms with E-state index in [2.05, 4.69) is 21.2 Å². The lowest BCUT2D eigenvalue weighted by atomic mass is 10.0. The van der Waals surface area contributed by atoms with Crippen LogP contribution < -0.4 is 5.43 Å². The molecule has 1 N–H and O–H groups in total. The smallest absolute Gasteiger partial charge is 0.244 e. The van der Waals surface area contributed by atoms with Crippen molar-refractivity contribution in [2.24, 2.45) is 5.10 Å². The second-order valence-electron chi connectivity index (χ2n) is 7.04. The Kier molecular flexibility index (Phi) is 6.00. The van der Waals surface area contributed by atoms with Gasteiger partial charge < -0.3 is 4.57 Å². The molecule has 3 rings (SSSR count). The van der Waals surface area contributed by atoms with Gasteiger partial charge in [0.2, 0.25) is 5.91 Å². The highest BCUT2D eigenvalue weighted by Gasteiger charge is 2.10. The van der Waals surface area contributed by atoms with Gasteiger partial charge in [0, 0.05) is 27.7 Å². The molecule has 0 aliphatic heterocycles. The molecule has 0 spiro atoms. The van der Waals surface area contributed by atoms with Gasteiger partial charge in [-0.15, -0.1) is 0 Å². The second kappa shape index (κ2) is 8.44. The first-order chi connectivity index (χ1) is 13.3. The van der Waals surface area contributed by atoms with Crippen molar-refractivity contribution >= 4 is 23.7 Å². The van der Waals surface area contributed by atoms with E-state index in [-0.39, 0.29) is 5.91 Å². The Hall–Kier alpha value is -2.85. The van der Waals surface area contributed by atoms with Crippen LogP contribution in [0.25, 0.3) is 5.69 Å². The van der Waals surface area contributed by atoms with Crippen LogP contribution in [0.4, 0.5) is 0 Å². The Morgan fingerprint density at radius 2 is 1.89 bits per heavy atom. The molecule has 0 saturated carbocycles. The molecular formula is C23H24ClN3O. The molecule has 0 unspecified atom stereocenters. The first kappa shape index (κ1) is 19.9. The van der Waals surface area contributed by atoms with Crippen LogP contribution >= 0.6 is 11.6 Å². The number of carbonyl (C=O) groups is 1. The zero-order valence-corrected chi connectivity index (χ0v) is 17.3. The maximum absolute atomic E-state index is 12.2. The summed E-state index contributed by atoms with van der Waals surface area (Å²) in [6.07, 6.45) is 1.99. The average molecular weight is 394 g/mol. The Balaban J connectivity index is 1.71. The molecule has 0 atom stereocenters. The largest absolute Gasteiger partial charge is 0.318 e. The van der Waals surface area contributed by atoms with Gasteiger partial charge >= 0.3 is 0 Å². The number of aromatic nitrogens is 1. The molecule has 1 heterocycles. The van der Waals surface area contributed by atoms with Gasteiger partial charge in [0.25, 0.3) is 0 Å².